The number of carbonyl (C=O) groups excluding carboxylic acids is 3. The highest BCUT2D eigenvalue weighted by molar-refractivity contribution is 7.99. The Balaban J connectivity index is 1.32. The highest BCUT2D eigenvalue weighted by atomic mass is 32.2. The smallest absolute Gasteiger partial charge is 0.343 e. The minimum absolute atomic E-state index is 0.112. The second kappa shape index (κ2) is 13.4. The zero-order valence-corrected chi connectivity index (χ0v) is 24.7. The van der Waals surface area contributed by atoms with Gasteiger partial charge in [0.1, 0.15) is 18.1 Å². The average Bonchev–Trinajstić information content (AvgIpc) is 3.62. The van der Waals surface area contributed by atoms with Crippen molar-refractivity contribution in [3.8, 4) is 11.5 Å². The number of benzene rings is 3. The Bertz CT molecular complexity index is 1430. The van der Waals surface area contributed by atoms with Crippen molar-refractivity contribution in [2.75, 3.05) is 11.5 Å². The maximum atomic E-state index is 13.0. The van der Waals surface area contributed by atoms with Crippen LogP contribution >= 0.6 is 23.5 Å². The van der Waals surface area contributed by atoms with Crippen molar-refractivity contribution in [2.24, 2.45) is 17.8 Å². The summed E-state index contributed by atoms with van der Waals surface area (Å²) in [6, 6.07) is 19.2. The molecule has 0 amide bonds. The van der Waals surface area contributed by atoms with E-state index in [-0.39, 0.29) is 35.9 Å². The number of ether oxygens (including phenoxy) is 3. The molecule has 1 fully saturated rings. The maximum Gasteiger partial charge on any atom is 0.343 e. The minimum Gasteiger partial charge on any atom is -0.460 e. The van der Waals surface area contributed by atoms with Crippen molar-refractivity contribution in [1.82, 2.24) is 0 Å². The van der Waals surface area contributed by atoms with Crippen molar-refractivity contribution in [1.29, 1.82) is 0 Å². The van der Waals surface area contributed by atoms with E-state index in [2.05, 4.69) is 26.0 Å². The Morgan fingerprint density at radius 1 is 0.756 bits per heavy atom. The monoisotopic (exact) mass is 588 g/mol. The number of carbonyl (C=O) groups is 3. The van der Waals surface area contributed by atoms with Crippen LogP contribution in [0.4, 0.5) is 0 Å². The van der Waals surface area contributed by atoms with E-state index in [0.717, 1.165) is 34.1 Å². The Morgan fingerprint density at radius 2 is 1.37 bits per heavy atom. The van der Waals surface area contributed by atoms with Crippen LogP contribution in [-0.2, 0) is 16.1 Å². The summed E-state index contributed by atoms with van der Waals surface area (Å²) in [5.74, 6) is 1.56. The lowest BCUT2D eigenvalue weighted by atomic mass is 9.94. The molecule has 0 N–H and O–H groups in total. The number of hydrogen-bond acceptors (Lipinski definition) is 8. The van der Waals surface area contributed by atoms with Gasteiger partial charge in [-0.05, 0) is 103 Å². The Morgan fingerprint density at radius 3 is 1.90 bits per heavy atom. The molecule has 2 aliphatic rings. The third-order valence-corrected chi connectivity index (χ3v) is 8.99. The van der Waals surface area contributed by atoms with Crippen LogP contribution in [0.2, 0.25) is 0 Å². The van der Waals surface area contributed by atoms with Gasteiger partial charge in [0.15, 0.2) is 0 Å². The van der Waals surface area contributed by atoms with Crippen LogP contribution in [0.15, 0.2) is 88.7 Å². The van der Waals surface area contributed by atoms with Gasteiger partial charge in [-0.15, -0.1) is 23.5 Å². The highest BCUT2D eigenvalue weighted by Crippen LogP contribution is 2.44. The zero-order chi connectivity index (χ0) is 28.8. The van der Waals surface area contributed by atoms with E-state index in [4.69, 9.17) is 14.2 Å². The topological polar surface area (TPSA) is 78.9 Å². The lowest BCUT2D eigenvalue weighted by molar-refractivity contribution is -0.150. The first-order valence-corrected chi connectivity index (χ1v) is 15.8. The lowest BCUT2D eigenvalue weighted by Crippen LogP contribution is -2.21. The second-order valence-corrected chi connectivity index (χ2v) is 12.6. The van der Waals surface area contributed by atoms with E-state index < -0.39 is 11.9 Å². The normalized spacial score (nSPS) is 18.7. The van der Waals surface area contributed by atoms with Gasteiger partial charge in [0, 0.05) is 15.4 Å². The zero-order valence-electron chi connectivity index (χ0n) is 23.0. The van der Waals surface area contributed by atoms with E-state index in [0.29, 0.717) is 22.6 Å². The standard InChI is InChI=1S/C33H32O6S2/c1-3-40-27-12-7-22(8-13-27)31(34)38-26-11-16-30(39-32(35)23-9-14-28(15-10-23)41-4-2)25(19-26)20-37-33(36)29-18-21-5-6-24(29)17-21/h5-16,19,21,24,29H,3-4,17-18,20H2,1-2H3. The molecule has 6 nitrogen and oxygen atoms in total. The summed E-state index contributed by atoms with van der Waals surface area (Å²) < 4.78 is 17.1. The third-order valence-electron chi connectivity index (χ3n) is 7.20. The Labute approximate surface area is 248 Å². The van der Waals surface area contributed by atoms with Gasteiger partial charge in [0.25, 0.3) is 0 Å². The Kier molecular flexibility index (Phi) is 9.52. The maximum absolute atomic E-state index is 13.0. The van der Waals surface area contributed by atoms with Crippen LogP contribution in [0.5, 0.6) is 11.5 Å². The van der Waals surface area contributed by atoms with Crippen molar-refractivity contribution < 1.29 is 28.6 Å². The Hall–Kier alpha value is -3.49. The molecule has 2 bridgehead atoms. The fourth-order valence-corrected chi connectivity index (χ4v) is 6.50. The molecular weight excluding hydrogens is 556 g/mol. The quantitative estimate of drug-likeness (QED) is 0.0981. The van der Waals surface area contributed by atoms with Gasteiger partial charge in [-0.2, -0.15) is 0 Å². The molecule has 3 unspecified atom stereocenters. The van der Waals surface area contributed by atoms with Gasteiger partial charge in [-0.1, -0.05) is 26.0 Å². The van der Waals surface area contributed by atoms with E-state index in [1.165, 1.54) is 0 Å². The molecule has 3 aromatic rings. The molecule has 0 aromatic heterocycles. The molecule has 212 valence electrons. The predicted molar refractivity (Wildman–Crippen MR) is 161 cm³/mol. The molecule has 41 heavy (non-hydrogen) atoms. The van der Waals surface area contributed by atoms with Crippen molar-refractivity contribution in [3.05, 3.63) is 95.6 Å². The lowest BCUT2D eigenvalue weighted by Gasteiger charge is -2.18. The fourth-order valence-electron chi connectivity index (χ4n) is 5.17. The molecule has 5 rings (SSSR count). The van der Waals surface area contributed by atoms with E-state index in [1.807, 2.05) is 24.3 Å². The van der Waals surface area contributed by atoms with E-state index >= 15 is 0 Å². The predicted octanol–water partition coefficient (Wildman–Crippen LogP) is 7.60. The number of rotatable bonds is 11. The van der Waals surface area contributed by atoms with Crippen molar-refractivity contribution in [2.45, 2.75) is 43.1 Å². The van der Waals surface area contributed by atoms with Crippen molar-refractivity contribution >= 4 is 41.4 Å². The molecule has 0 heterocycles. The summed E-state index contributed by atoms with van der Waals surface area (Å²) in [5.41, 5.74) is 1.26. The SMILES string of the molecule is CCSc1ccc(C(=O)Oc2ccc(OC(=O)c3ccc(SCC)cc3)c(COC(=O)C3CC4C=CC3C4)c2)cc1. The molecular formula is C33H32O6S2. The van der Waals surface area contributed by atoms with Crippen molar-refractivity contribution in [3.63, 3.8) is 0 Å². The molecule has 0 radical (unpaired) electrons. The fraction of sp³-hybridized carbons (Fsp3) is 0.303. The second-order valence-electron chi connectivity index (χ2n) is 9.96. The first-order chi connectivity index (χ1) is 19.9. The molecule has 0 saturated heterocycles. The molecule has 2 aliphatic carbocycles. The van der Waals surface area contributed by atoms with Gasteiger partial charge in [-0.25, -0.2) is 9.59 Å². The summed E-state index contributed by atoms with van der Waals surface area (Å²) in [4.78, 5) is 40.8. The van der Waals surface area contributed by atoms with Crippen LogP contribution in [0, 0.1) is 17.8 Å². The highest BCUT2D eigenvalue weighted by Gasteiger charge is 2.40. The third kappa shape index (κ3) is 7.24. The van der Waals surface area contributed by atoms with Gasteiger partial charge < -0.3 is 14.2 Å². The number of thioether (sulfide) groups is 2. The molecule has 3 atom stereocenters. The first kappa shape index (κ1) is 29.0. The molecule has 0 spiro atoms. The summed E-state index contributed by atoms with van der Waals surface area (Å²) in [5, 5.41) is 0. The van der Waals surface area contributed by atoms with E-state index in [9.17, 15) is 14.4 Å². The number of hydrogen-bond donors (Lipinski definition) is 0. The summed E-state index contributed by atoms with van der Waals surface area (Å²) >= 11 is 3.38. The molecule has 8 heteroatoms. The summed E-state index contributed by atoms with van der Waals surface area (Å²) in [7, 11) is 0. The molecule has 0 aliphatic heterocycles. The number of fused-ring (bicyclic) bond motifs is 2. The summed E-state index contributed by atoms with van der Waals surface area (Å²) in [6.45, 7) is 4.03. The minimum atomic E-state index is -0.529. The number of esters is 3. The van der Waals surface area contributed by atoms with Gasteiger partial charge >= 0.3 is 17.9 Å². The van der Waals surface area contributed by atoms with Crippen LogP contribution < -0.4 is 9.47 Å². The van der Waals surface area contributed by atoms with Crippen LogP contribution in [0.1, 0.15) is 53.0 Å². The van der Waals surface area contributed by atoms with Gasteiger partial charge in [0.2, 0.25) is 0 Å². The van der Waals surface area contributed by atoms with Crippen LogP contribution in [0.3, 0.4) is 0 Å². The van der Waals surface area contributed by atoms with Gasteiger partial charge in [-0.3, -0.25) is 4.79 Å². The average molecular weight is 589 g/mol. The van der Waals surface area contributed by atoms with E-state index in [1.54, 1.807) is 66.0 Å². The summed E-state index contributed by atoms with van der Waals surface area (Å²) in [6.07, 6.45) is 6.06. The molecule has 1 saturated carbocycles. The first-order valence-electron chi connectivity index (χ1n) is 13.8. The molecule has 3 aromatic carbocycles. The largest absolute Gasteiger partial charge is 0.460 e. The number of allylic oxidation sites excluding steroid dienone is 2. The van der Waals surface area contributed by atoms with Crippen LogP contribution in [0.25, 0.3) is 0 Å². The van der Waals surface area contributed by atoms with Gasteiger partial charge in [0.05, 0.1) is 17.0 Å². The van der Waals surface area contributed by atoms with Crippen LogP contribution in [-0.4, -0.2) is 29.4 Å².